The molecule has 3 aromatic rings. The Kier molecular flexibility index (Phi) is 6.15. The lowest BCUT2D eigenvalue weighted by atomic mass is 10.2. The second-order valence-electron chi connectivity index (χ2n) is 6.86. The summed E-state index contributed by atoms with van der Waals surface area (Å²) in [5.74, 6) is 0.342. The van der Waals surface area contributed by atoms with Gasteiger partial charge in [-0.1, -0.05) is 23.1 Å². The Morgan fingerprint density at radius 3 is 2.57 bits per heavy atom. The lowest BCUT2D eigenvalue weighted by Gasteiger charge is -2.13. The fourth-order valence-electron chi connectivity index (χ4n) is 2.26. The van der Waals surface area contributed by atoms with Gasteiger partial charge < -0.3 is 4.74 Å². The maximum absolute atomic E-state index is 13.5. The minimum atomic E-state index is -1.55. The highest BCUT2D eigenvalue weighted by atomic mass is 32.1. The van der Waals surface area contributed by atoms with Gasteiger partial charge in [-0.2, -0.15) is 5.10 Å². The van der Waals surface area contributed by atoms with Crippen molar-refractivity contribution < 1.29 is 9.13 Å². The van der Waals surface area contributed by atoms with E-state index in [-0.39, 0.29) is 18.2 Å². The van der Waals surface area contributed by atoms with E-state index in [1.807, 2.05) is 0 Å². The van der Waals surface area contributed by atoms with E-state index in [1.165, 1.54) is 30.1 Å². The highest BCUT2D eigenvalue weighted by molar-refractivity contribution is 7.18. The van der Waals surface area contributed by atoms with Crippen molar-refractivity contribution in [2.75, 3.05) is 6.61 Å². The van der Waals surface area contributed by atoms with Crippen LogP contribution in [0.3, 0.4) is 0 Å². The number of thiazole rings is 1. The van der Waals surface area contributed by atoms with Crippen LogP contribution in [0.15, 0.2) is 35.5 Å². The van der Waals surface area contributed by atoms with E-state index in [1.54, 1.807) is 23.6 Å². The Balaban J connectivity index is 1.77. The van der Waals surface area contributed by atoms with Crippen molar-refractivity contribution in [3.63, 3.8) is 0 Å². The quantitative estimate of drug-likeness (QED) is 0.545. The summed E-state index contributed by atoms with van der Waals surface area (Å²) in [6.07, 6.45) is 4.84. The van der Waals surface area contributed by atoms with Crippen LogP contribution in [0.4, 0.5) is 4.39 Å². The second-order valence-corrected chi connectivity index (χ2v) is 9.21. The molecule has 0 N–H and O–H groups in total. The Morgan fingerprint density at radius 2 is 1.96 bits per heavy atom. The summed E-state index contributed by atoms with van der Waals surface area (Å²) in [5, 5.41) is 3.88. The topological polar surface area (TPSA) is 82.8 Å². The van der Waals surface area contributed by atoms with Crippen molar-refractivity contribution >= 4 is 20.6 Å². The molecule has 0 saturated heterocycles. The van der Waals surface area contributed by atoms with Gasteiger partial charge >= 0.3 is 6.01 Å². The molecule has 10 heteroatoms. The van der Waals surface area contributed by atoms with E-state index in [9.17, 15) is 9.18 Å². The zero-order chi connectivity index (χ0) is 20.3. The second kappa shape index (κ2) is 8.41. The van der Waals surface area contributed by atoms with E-state index in [0.29, 0.717) is 23.7 Å². The first-order valence-corrected chi connectivity index (χ1v) is 10.1. The molecule has 0 aliphatic rings. The van der Waals surface area contributed by atoms with E-state index in [0.717, 1.165) is 9.88 Å². The van der Waals surface area contributed by atoms with Gasteiger partial charge in [-0.15, -0.1) is 11.3 Å². The van der Waals surface area contributed by atoms with E-state index in [2.05, 4.69) is 43.1 Å². The average molecular weight is 421 g/mol. The van der Waals surface area contributed by atoms with Crippen molar-refractivity contribution in [3.05, 3.63) is 51.0 Å². The lowest BCUT2D eigenvalue weighted by Crippen LogP contribution is -2.22. The molecule has 0 bridgehead atoms. The lowest BCUT2D eigenvalue weighted by molar-refractivity contribution is 0.172. The molecule has 7 nitrogen and oxygen atoms in total. The normalized spacial score (nSPS) is 13.5. The van der Waals surface area contributed by atoms with E-state index < -0.39 is 5.41 Å². The first-order valence-electron chi connectivity index (χ1n) is 8.67. The molecule has 2 unspecified atom stereocenters. The van der Waals surface area contributed by atoms with Gasteiger partial charge in [0.2, 0.25) is 0 Å². The number of hydrogen-bond donors (Lipinski definition) is 0. The summed E-state index contributed by atoms with van der Waals surface area (Å²) in [6, 6.07) is 3.15. The van der Waals surface area contributed by atoms with Crippen LogP contribution < -0.4 is 10.3 Å². The number of alkyl halides is 1. The SMILES string of the molecule is CC(C)c1ncc(Cn2nc(-c3cnc(OCC(C)(F)P)nc3)ccc2=O)s1. The third-order valence-electron chi connectivity index (χ3n) is 3.64. The van der Waals surface area contributed by atoms with Gasteiger partial charge in [0.1, 0.15) is 6.61 Å². The maximum atomic E-state index is 13.5. The van der Waals surface area contributed by atoms with Crippen LogP contribution in [-0.2, 0) is 6.54 Å². The molecule has 0 saturated carbocycles. The first-order chi connectivity index (χ1) is 13.2. The molecule has 3 heterocycles. The summed E-state index contributed by atoms with van der Waals surface area (Å²) in [6.45, 7) is 5.71. The van der Waals surface area contributed by atoms with Gasteiger partial charge in [0, 0.05) is 41.0 Å². The minimum absolute atomic E-state index is 0.0780. The molecule has 0 aromatic carbocycles. The van der Waals surface area contributed by atoms with Crippen molar-refractivity contribution in [2.24, 2.45) is 0 Å². The number of hydrogen-bond acceptors (Lipinski definition) is 7. The zero-order valence-corrected chi connectivity index (χ0v) is 17.8. The summed E-state index contributed by atoms with van der Waals surface area (Å²) in [5.41, 5.74) is 0.982. The smallest absolute Gasteiger partial charge is 0.316 e. The summed E-state index contributed by atoms with van der Waals surface area (Å²) in [7, 11) is 2.05. The third kappa shape index (κ3) is 5.39. The zero-order valence-electron chi connectivity index (χ0n) is 15.8. The van der Waals surface area contributed by atoms with Crippen LogP contribution in [0, 0.1) is 0 Å². The molecule has 0 fully saturated rings. The van der Waals surface area contributed by atoms with Gasteiger partial charge in [-0.3, -0.25) is 4.79 Å². The van der Waals surface area contributed by atoms with Crippen molar-refractivity contribution in [1.82, 2.24) is 24.7 Å². The fourth-order valence-corrected chi connectivity index (χ4v) is 3.24. The number of rotatable bonds is 7. The number of aromatic nitrogens is 5. The van der Waals surface area contributed by atoms with Gasteiger partial charge in [-0.25, -0.2) is 24.0 Å². The van der Waals surface area contributed by atoms with Crippen LogP contribution in [0.25, 0.3) is 11.3 Å². The standard InChI is InChI=1S/C18H21FN5O2PS/c1-11(2)16-20-8-13(28-16)9-24-15(25)5-4-14(23-24)12-6-21-17(22-7-12)26-10-18(3,19)27/h4-8,11H,9-10,27H2,1-3H3. The Hall–Kier alpha value is -2.25. The molecule has 0 radical (unpaired) electrons. The van der Waals surface area contributed by atoms with Gasteiger partial charge in [-0.05, 0) is 13.0 Å². The van der Waals surface area contributed by atoms with Crippen LogP contribution >= 0.6 is 20.6 Å². The minimum Gasteiger partial charge on any atom is -0.460 e. The maximum Gasteiger partial charge on any atom is 0.316 e. The van der Waals surface area contributed by atoms with Gasteiger partial charge in [0.25, 0.3) is 5.56 Å². The van der Waals surface area contributed by atoms with Crippen molar-refractivity contribution in [3.8, 4) is 17.3 Å². The molecule has 0 amide bonds. The van der Waals surface area contributed by atoms with E-state index in [4.69, 9.17) is 4.74 Å². The molecule has 3 rings (SSSR count). The molecular formula is C18H21FN5O2PS. The Morgan fingerprint density at radius 1 is 1.25 bits per heavy atom. The molecule has 0 spiro atoms. The highest BCUT2D eigenvalue weighted by Gasteiger charge is 2.17. The number of nitrogens with zero attached hydrogens (tertiary/aromatic N) is 5. The molecule has 148 valence electrons. The largest absolute Gasteiger partial charge is 0.460 e. The molecule has 0 aliphatic heterocycles. The average Bonchev–Trinajstić information content (AvgIpc) is 3.11. The Labute approximate surface area is 168 Å². The summed E-state index contributed by atoms with van der Waals surface area (Å²) < 4.78 is 20.1. The van der Waals surface area contributed by atoms with Crippen molar-refractivity contribution in [1.29, 1.82) is 0 Å². The number of halogens is 1. The fraction of sp³-hybridized carbons (Fsp3) is 0.389. The van der Waals surface area contributed by atoms with Gasteiger partial charge in [0.15, 0.2) is 5.41 Å². The van der Waals surface area contributed by atoms with E-state index >= 15 is 0 Å². The van der Waals surface area contributed by atoms with Crippen LogP contribution in [0.2, 0.25) is 0 Å². The predicted molar refractivity (Wildman–Crippen MR) is 110 cm³/mol. The van der Waals surface area contributed by atoms with Crippen LogP contribution in [0.1, 0.15) is 36.6 Å². The molecule has 28 heavy (non-hydrogen) atoms. The summed E-state index contributed by atoms with van der Waals surface area (Å²) in [4.78, 5) is 25.7. The molecule has 0 aliphatic carbocycles. The monoisotopic (exact) mass is 421 g/mol. The molecule has 3 aromatic heterocycles. The van der Waals surface area contributed by atoms with Crippen LogP contribution in [0.5, 0.6) is 6.01 Å². The number of ether oxygens (including phenoxy) is 1. The van der Waals surface area contributed by atoms with Crippen molar-refractivity contribution in [2.45, 2.75) is 38.6 Å². The molecular weight excluding hydrogens is 400 g/mol. The summed E-state index contributed by atoms with van der Waals surface area (Å²) >= 11 is 1.57. The first kappa shape index (κ1) is 20.5. The highest BCUT2D eigenvalue weighted by Crippen LogP contribution is 2.22. The third-order valence-corrected chi connectivity index (χ3v) is 5.09. The predicted octanol–water partition coefficient (Wildman–Crippen LogP) is 3.27. The van der Waals surface area contributed by atoms with Gasteiger partial charge in [0.05, 0.1) is 17.2 Å². The Bertz CT molecular complexity index is 998. The van der Waals surface area contributed by atoms with Crippen LogP contribution in [-0.4, -0.2) is 36.7 Å². The molecule has 2 atom stereocenters.